The quantitative estimate of drug-likeness (QED) is 0.863. The maximum Gasteiger partial charge on any atom is 0.335 e. The molecule has 0 unspecified atom stereocenters. The van der Waals surface area contributed by atoms with Crippen molar-refractivity contribution in [1.29, 1.82) is 0 Å². The first-order chi connectivity index (χ1) is 8.53. The van der Waals surface area contributed by atoms with E-state index in [9.17, 15) is 4.79 Å². The lowest BCUT2D eigenvalue weighted by molar-refractivity contribution is -0.477. The average Bonchev–Trinajstić information content (AvgIpc) is 2.40. The van der Waals surface area contributed by atoms with E-state index in [1.54, 1.807) is 12.1 Å². The van der Waals surface area contributed by atoms with E-state index in [4.69, 9.17) is 19.3 Å². The topological polar surface area (TPSA) is 65.0 Å². The predicted octanol–water partition coefficient (Wildman–Crippen LogP) is 1.58. The molecule has 3 heterocycles. The summed E-state index contributed by atoms with van der Waals surface area (Å²) in [5, 5.41) is 8.99. The Balaban J connectivity index is 1.95. The molecule has 0 aromatic heterocycles. The molecular formula is C13H14O5. The molecule has 0 amide bonds. The fourth-order valence-electron chi connectivity index (χ4n) is 2.15. The monoisotopic (exact) mass is 250 g/mol. The van der Waals surface area contributed by atoms with Crippen molar-refractivity contribution in [1.82, 2.24) is 0 Å². The Morgan fingerprint density at radius 1 is 1.22 bits per heavy atom. The highest BCUT2D eigenvalue weighted by Crippen LogP contribution is 2.43. The normalized spacial score (nSPS) is 34.5. The van der Waals surface area contributed by atoms with Gasteiger partial charge < -0.3 is 19.3 Å². The molecule has 0 radical (unpaired) electrons. The minimum atomic E-state index is -1.23. The summed E-state index contributed by atoms with van der Waals surface area (Å²) in [4.78, 5) is 11.0. The lowest BCUT2D eigenvalue weighted by atomic mass is 9.91. The fourth-order valence-corrected chi connectivity index (χ4v) is 2.15. The second kappa shape index (κ2) is 3.78. The third kappa shape index (κ3) is 1.71. The number of carboxylic acids is 1. The van der Waals surface area contributed by atoms with Crippen LogP contribution in [0.1, 0.15) is 22.8 Å². The molecule has 3 aliphatic rings. The van der Waals surface area contributed by atoms with Crippen molar-refractivity contribution in [3.05, 3.63) is 35.4 Å². The molecule has 3 saturated heterocycles. The van der Waals surface area contributed by atoms with Crippen molar-refractivity contribution in [2.75, 3.05) is 19.8 Å². The van der Waals surface area contributed by atoms with Crippen molar-refractivity contribution < 1.29 is 24.1 Å². The summed E-state index contributed by atoms with van der Waals surface area (Å²) < 4.78 is 17.0. The number of rotatable bonds is 2. The molecular weight excluding hydrogens is 236 g/mol. The van der Waals surface area contributed by atoms with E-state index >= 15 is 0 Å². The van der Waals surface area contributed by atoms with Crippen molar-refractivity contribution >= 4 is 5.97 Å². The van der Waals surface area contributed by atoms with E-state index in [-0.39, 0.29) is 11.0 Å². The molecule has 5 nitrogen and oxygen atoms in total. The molecule has 3 fully saturated rings. The van der Waals surface area contributed by atoms with Crippen LogP contribution in [0.5, 0.6) is 0 Å². The highest BCUT2D eigenvalue weighted by atomic mass is 16.9. The molecule has 1 N–H and O–H groups in total. The van der Waals surface area contributed by atoms with Crippen molar-refractivity contribution in [2.45, 2.75) is 12.9 Å². The van der Waals surface area contributed by atoms with Gasteiger partial charge in [0.15, 0.2) is 0 Å². The second-order valence-electron chi connectivity index (χ2n) is 5.12. The Morgan fingerprint density at radius 3 is 2.39 bits per heavy atom. The SMILES string of the molecule is CC12COC(c3cccc(C(=O)O)c3)(OC1)OC2. The van der Waals surface area contributed by atoms with Crippen LogP contribution in [0.3, 0.4) is 0 Å². The number of hydrogen-bond acceptors (Lipinski definition) is 4. The van der Waals surface area contributed by atoms with E-state index in [1.165, 1.54) is 12.1 Å². The molecule has 0 spiro atoms. The van der Waals surface area contributed by atoms with Crippen LogP contribution in [0.2, 0.25) is 0 Å². The first-order valence-electron chi connectivity index (χ1n) is 5.79. The van der Waals surface area contributed by atoms with Gasteiger partial charge in [-0.3, -0.25) is 0 Å². The smallest absolute Gasteiger partial charge is 0.335 e. The maximum atomic E-state index is 11.0. The molecule has 2 bridgehead atoms. The molecule has 5 heteroatoms. The highest BCUT2D eigenvalue weighted by molar-refractivity contribution is 5.87. The second-order valence-corrected chi connectivity index (χ2v) is 5.12. The van der Waals surface area contributed by atoms with Crippen LogP contribution in [0.25, 0.3) is 0 Å². The van der Waals surface area contributed by atoms with Gasteiger partial charge in [-0.1, -0.05) is 19.1 Å². The summed E-state index contributed by atoms with van der Waals surface area (Å²) >= 11 is 0. The van der Waals surface area contributed by atoms with Crippen molar-refractivity contribution in [3.63, 3.8) is 0 Å². The molecule has 0 atom stereocenters. The summed E-state index contributed by atoms with van der Waals surface area (Å²) in [5.74, 6) is -2.21. The maximum absolute atomic E-state index is 11.0. The number of aromatic carboxylic acids is 1. The molecule has 1 aromatic carbocycles. The third-order valence-corrected chi connectivity index (χ3v) is 3.30. The molecule has 1 aromatic rings. The van der Waals surface area contributed by atoms with Crippen LogP contribution in [0.15, 0.2) is 24.3 Å². The third-order valence-electron chi connectivity index (χ3n) is 3.30. The summed E-state index contributed by atoms with van der Waals surface area (Å²) in [6.07, 6.45) is 0. The van der Waals surface area contributed by atoms with Gasteiger partial charge in [0.2, 0.25) is 0 Å². The van der Waals surface area contributed by atoms with Crippen LogP contribution in [-0.2, 0) is 20.2 Å². The van der Waals surface area contributed by atoms with Gasteiger partial charge in [0.25, 0.3) is 0 Å². The van der Waals surface area contributed by atoms with Gasteiger partial charge in [0.05, 0.1) is 25.4 Å². The van der Waals surface area contributed by atoms with E-state index in [0.717, 1.165) is 0 Å². The van der Waals surface area contributed by atoms with E-state index in [1.807, 2.05) is 6.92 Å². The summed E-state index contributed by atoms with van der Waals surface area (Å²) in [6.45, 7) is 3.67. The number of carbonyl (C=O) groups is 1. The molecule has 0 aliphatic carbocycles. The standard InChI is InChI=1S/C13H14O5/c1-12-6-16-13(17-7-12,18-8-12)10-4-2-3-9(5-10)11(14)15/h2-5H,6-8H2,1H3,(H,14,15). The van der Waals surface area contributed by atoms with Crippen LogP contribution < -0.4 is 0 Å². The van der Waals surface area contributed by atoms with Crippen LogP contribution in [0.4, 0.5) is 0 Å². The summed E-state index contributed by atoms with van der Waals surface area (Å²) in [5.41, 5.74) is 0.673. The lowest BCUT2D eigenvalue weighted by Crippen LogP contribution is -2.57. The Morgan fingerprint density at radius 2 is 1.83 bits per heavy atom. The first-order valence-corrected chi connectivity index (χ1v) is 5.79. The number of ether oxygens (including phenoxy) is 3. The zero-order chi connectivity index (χ0) is 12.8. The Hall–Kier alpha value is -1.43. The van der Waals surface area contributed by atoms with Gasteiger partial charge in [-0.2, -0.15) is 0 Å². The van der Waals surface area contributed by atoms with Crippen molar-refractivity contribution in [2.24, 2.45) is 5.41 Å². The van der Waals surface area contributed by atoms with Gasteiger partial charge in [-0.05, 0) is 12.1 Å². The molecule has 3 aliphatic heterocycles. The molecule has 18 heavy (non-hydrogen) atoms. The van der Waals surface area contributed by atoms with Gasteiger partial charge in [-0.25, -0.2) is 4.79 Å². The average molecular weight is 250 g/mol. The minimum Gasteiger partial charge on any atom is -0.478 e. The highest BCUT2D eigenvalue weighted by Gasteiger charge is 2.51. The van der Waals surface area contributed by atoms with Gasteiger partial charge >= 0.3 is 11.9 Å². The number of fused-ring (bicyclic) bond motifs is 3. The first kappa shape index (κ1) is 11.6. The van der Waals surface area contributed by atoms with Gasteiger partial charge in [0, 0.05) is 11.0 Å². The zero-order valence-electron chi connectivity index (χ0n) is 10.0. The fraction of sp³-hybridized carbons (Fsp3) is 0.462. The van der Waals surface area contributed by atoms with E-state index in [0.29, 0.717) is 25.4 Å². The molecule has 96 valence electrons. The Bertz CT molecular complexity index is 471. The Labute approximate surface area is 104 Å². The zero-order valence-corrected chi connectivity index (χ0v) is 10.0. The van der Waals surface area contributed by atoms with E-state index in [2.05, 4.69) is 0 Å². The van der Waals surface area contributed by atoms with Crippen LogP contribution >= 0.6 is 0 Å². The van der Waals surface area contributed by atoms with Gasteiger partial charge in [0.1, 0.15) is 0 Å². The van der Waals surface area contributed by atoms with Gasteiger partial charge in [-0.15, -0.1) is 0 Å². The lowest BCUT2D eigenvalue weighted by Gasteiger charge is -2.50. The Kier molecular flexibility index (Phi) is 2.45. The largest absolute Gasteiger partial charge is 0.478 e. The predicted molar refractivity (Wildman–Crippen MR) is 61.0 cm³/mol. The number of hydrogen-bond donors (Lipinski definition) is 1. The molecule has 4 rings (SSSR count). The summed E-state index contributed by atoms with van der Waals surface area (Å²) in [6, 6.07) is 6.46. The van der Waals surface area contributed by atoms with Crippen molar-refractivity contribution in [3.8, 4) is 0 Å². The number of carboxylic acid groups (broad SMARTS) is 1. The van der Waals surface area contributed by atoms with E-state index < -0.39 is 11.9 Å². The molecule has 0 saturated carbocycles. The minimum absolute atomic E-state index is 0.105. The summed E-state index contributed by atoms with van der Waals surface area (Å²) in [7, 11) is 0. The van der Waals surface area contributed by atoms with Crippen LogP contribution in [-0.4, -0.2) is 30.9 Å². The van der Waals surface area contributed by atoms with Crippen LogP contribution in [0, 0.1) is 5.41 Å². The number of benzene rings is 1.